The smallest absolute Gasteiger partial charge is 0.00235 e. The predicted molar refractivity (Wildman–Crippen MR) is 49.2 cm³/mol. The summed E-state index contributed by atoms with van der Waals surface area (Å²) in [7, 11) is 0. The van der Waals surface area contributed by atoms with Crippen LogP contribution in [0.3, 0.4) is 0 Å². The molecule has 0 N–H and O–H groups in total. The van der Waals surface area contributed by atoms with Gasteiger partial charge in [0.1, 0.15) is 0 Å². The Morgan fingerprint density at radius 1 is 1.18 bits per heavy atom. The van der Waals surface area contributed by atoms with Gasteiger partial charge in [0, 0.05) is 0 Å². The summed E-state index contributed by atoms with van der Waals surface area (Å²) in [6, 6.07) is 0. The van der Waals surface area contributed by atoms with Gasteiger partial charge in [0.15, 0.2) is 0 Å². The SMILES string of the molecule is CC#C/C=C\C1CCCCC1. The third-order valence-electron chi connectivity index (χ3n) is 2.25. The summed E-state index contributed by atoms with van der Waals surface area (Å²) in [5, 5.41) is 0. The minimum atomic E-state index is 0.824. The maximum absolute atomic E-state index is 2.96. The van der Waals surface area contributed by atoms with E-state index in [-0.39, 0.29) is 0 Å². The summed E-state index contributed by atoms with van der Waals surface area (Å²) >= 11 is 0. The fraction of sp³-hybridized carbons (Fsp3) is 0.636. The fourth-order valence-electron chi connectivity index (χ4n) is 1.59. The molecule has 0 nitrogen and oxygen atoms in total. The van der Waals surface area contributed by atoms with E-state index in [1.54, 1.807) is 0 Å². The lowest BCUT2D eigenvalue weighted by Crippen LogP contribution is -2.02. The fourth-order valence-corrected chi connectivity index (χ4v) is 1.59. The van der Waals surface area contributed by atoms with Crippen LogP contribution in [-0.4, -0.2) is 0 Å². The maximum atomic E-state index is 2.96. The highest BCUT2D eigenvalue weighted by atomic mass is 14.1. The first-order chi connectivity index (χ1) is 5.43. The van der Waals surface area contributed by atoms with Crippen LogP contribution in [0.5, 0.6) is 0 Å². The third-order valence-corrected chi connectivity index (χ3v) is 2.25. The van der Waals surface area contributed by atoms with Crippen LogP contribution in [0, 0.1) is 17.8 Å². The Bertz CT molecular complexity index is 172. The Morgan fingerprint density at radius 2 is 1.91 bits per heavy atom. The molecule has 1 rings (SSSR count). The molecule has 1 saturated carbocycles. The van der Waals surface area contributed by atoms with Crippen LogP contribution in [0.4, 0.5) is 0 Å². The molecule has 1 fully saturated rings. The molecule has 0 aromatic rings. The molecule has 11 heavy (non-hydrogen) atoms. The molecular formula is C11H16. The molecule has 0 aliphatic heterocycles. The topological polar surface area (TPSA) is 0 Å². The van der Waals surface area contributed by atoms with Crippen LogP contribution in [0.1, 0.15) is 39.0 Å². The van der Waals surface area contributed by atoms with Crippen molar-refractivity contribution < 1.29 is 0 Å². The molecule has 1 aliphatic carbocycles. The van der Waals surface area contributed by atoms with E-state index in [2.05, 4.69) is 17.9 Å². The summed E-state index contributed by atoms with van der Waals surface area (Å²) in [6.45, 7) is 1.88. The van der Waals surface area contributed by atoms with Gasteiger partial charge < -0.3 is 0 Å². The van der Waals surface area contributed by atoms with Gasteiger partial charge in [0.05, 0.1) is 0 Å². The Kier molecular flexibility index (Phi) is 3.83. The van der Waals surface area contributed by atoms with Crippen LogP contribution in [0.25, 0.3) is 0 Å². The molecule has 0 spiro atoms. The molecule has 0 amide bonds. The Morgan fingerprint density at radius 3 is 2.55 bits per heavy atom. The highest BCUT2D eigenvalue weighted by Crippen LogP contribution is 2.24. The standard InChI is InChI=1S/C11H16/c1-2-3-5-8-11-9-6-4-7-10-11/h5,8,11H,4,6-7,9-10H2,1H3/b8-5-. The van der Waals surface area contributed by atoms with Gasteiger partial charge in [0.2, 0.25) is 0 Å². The summed E-state index contributed by atoms with van der Waals surface area (Å²) < 4.78 is 0. The van der Waals surface area contributed by atoms with Crippen molar-refractivity contribution in [3.05, 3.63) is 12.2 Å². The van der Waals surface area contributed by atoms with E-state index in [9.17, 15) is 0 Å². The predicted octanol–water partition coefficient (Wildman–Crippen LogP) is 3.15. The van der Waals surface area contributed by atoms with E-state index in [1.165, 1.54) is 32.1 Å². The second-order valence-corrected chi connectivity index (χ2v) is 3.15. The van der Waals surface area contributed by atoms with Gasteiger partial charge in [-0.05, 0) is 31.8 Å². The monoisotopic (exact) mass is 148 g/mol. The molecular weight excluding hydrogens is 132 g/mol. The molecule has 0 heterocycles. The largest absolute Gasteiger partial charge is 0.102 e. The molecule has 0 aromatic heterocycles. The van der Waals surface area contributed by atoms with Crippen molar-refractivity contribution in [1.29, 1.82) is 0 Å². The highest BCUT2D eigenvalue weighted by molar-refractivity contribution is 5.14. The first kappa shape index (κ1) is 8.40. The maximum Gasteiger partial charge on any atom is -0.00235 e. The van der Waals surface area contributed by atoms with Gasteiger partial charge >= 0.3 is 0 Å². The van der Waals surface area contributed by atoms with Gasteiger partial charge in [-0.3, -0.25) is 0 Å². The Labute approximate surface area is 69.7 Å². The summed E-state index contributed by atoms with van der Waals surface area (Å²) in [5.74, 6) is 6.66. The lowest BCUT2D eigenvalue weighted by molar-refractivity contribution is 0.419. The van der Waals surface area contributed by atoms with Crippen LogP contribution in [0.15, 0.2) is 12.2 Å². The summed E-state index contributed by atoms with van der Waals surface area (Å²) in [4.78, 5) is 0. The highest BCUT2D eigenvalue weighted by Gasteiger charge is 2.08. The van der Waals surface area contributed by atoms with Crippen molar-refractivity contribution in [2.45, 2.75) is 39.0 Å². The summed E-state index contributed by atoms with van der Waals surface area (Å²) in [5.41, 5.74) is 0. The van der Waals surface area contributed by atoms with Gasteiger partial charge in [-0.2, -0.15) is 0 Å². The molecule has 60 valence electrons. The van der Waals surface area contributed by atoms with Crippen molar-refractivity contribution in [2.24, 2.45) is 5.92 Å². The van der Waals surface area contributed by atoms with Gasteiger partial charge in [0.25, 0.3) is 0 Å². The zero-order valence-electron chi connectivity index (χ0n) is 7.27. The van der Waals surface area contributed by atoms with Crippen molar-refractivity contribution >= 4 is 0 Å². The van der Waals surface area contributed by atoms with E-state index in [0.717, 1.165) is 5.92 Å². The molecule has 0 aromatic carbocycles. The second kappa shape index (κ2) is 5.02. The first-order valence-electron chi connectivity index (χ1n) is 4.52. The molecule has 1 aliphatic rings. The quantitative estimate of drug-likeness (QED) is 0.501. The molecule has 0 unspecified atom stereocenters. The van der Waals surface area contributed by atoms with E-state index in [1.807, 2.05) is 13.0 Å². The Hall–Kier alpha value is -0.700. The zero-order valence-corrected chi connectivity index (χ0v) is 7.27. The van der Waals surface area contributed by atoms with Crippen molar-refractivity contribution in [1.82, 2.24) is 0 Å². The van der Waals surface area contributed by atoms with Crippen molar-refractivity contribution in [3.8, 4) is 11.8 Å². The van der Waals surface area contributed by atoms with Gasteiger partial charge in [-0.15, -0.1) is 5.92 Å². The minimum Gasteiger partial charge on any atom is -0.102 e. The van der Waals surface area contributed by atoms with E-state index in [4.69, 9.17) is 0 Å². The minimum absolute atomic E-state index is 0.824. The molecule has 0 atom stereocenters. The number of hydrogen-bond donors (Lipinski definition) is 0. The first-order valence-corrected chi connectivity index (χ1v) is 4.52. The Balaban J connectivity index is 2.27. The average molecular weight is 148 g/mol. The number of rotatable bonds is 1. The summed E-state index contributed by atoms with van der Waals surface area (Å²) in [6.07, 6.45) is 11.3. The van der Waals surface area contributed by atoms with Gasteiger partial charge in [-0.1, -0.05) is 31.3 Å². The van der Waals surface area contributed by atoms with Crippen LogP contribution in [0.2, 0.25) is 0 Å². The third kappa shape index (κ3) is 3.28. The molecule has 0 saturated heterocycles. The van der Waals surface area contributed by atoms with Crippen LogP contribution < -0.4 is 0 Å². The zero-order chi connectivity index (χ0) is 7.94. The lowest BCUT2D eigenvalue weighted by atomic mass is 9.89. The molecule has 0 bridgehead atoms. The lowest BCUT2D eigenvalue weighted by Gasteiger charge is -2.17. The van der Waals surface area contributed by atoms with E-state index >= 15 is 0 Å². The molecule has 0 radical (unpaired) electrons. The average Bonchev–Trinajstić information content (AvgIpc) is 2.07. The van der Waals surface area contributed by atoms with Crippen molar-refractivity contribution in [3.63, 3.8) is 0 Å². The van der Waals surface area contributed by atoms with E-state index < -0.39 is 0 Å². The van der Waals surface area contributed by atoms with Crippen molar-refractivity contribution in [2.75, 3.05) is 0 Å². The van der Waals surface area contributed by atoms with Gasteiger partial charge in [-0.25, -0.2) is 0 Å². The van der Waals surface area contributed by atoms with Crippen LogP contribution in [-0.2, 0) is 0 Å². The number of allylic oxidation sites excluding steroid dienone is 2. The normalized spacial score (nSPS) is 19.7. The van der Waals surface area contributed by atoms with Crippen LogP contribution >= 0.6 is 0 Å². The molecule has 0 heteroatoms. The second-order valence-electron chi connectivity index (χ2n) is 3.15. The number of hydrogen-bond acceptors (Lipinski definition) is 0. The van der Waals surface area contributed by atoms with E-state index in [0.29, 0.717) is 0 Å².